The maximum Gasteiger partial charge on any atom is 0.335 e. The van der Waals surface area contributed by atoms with Gasteiger partial charge in [0.05, 0.1) is 12.0 Å². The van der Waals surface area contributed by atoms with E-state index in [4.69, 9.17) is 0 Å². The van der Waals surface area contributed by atoms with Gasteiger partial charge in [0.1, 0.15) is 6.04 Å². The molecule has 1 amide bonds. The molecule has 1 heterocycles. The molecule has 0 aliphatic carbocycles. The van der Waals surface area contributed by atoms with Gasteiger partial charge in [-0.15, -0.1) is 0 Å². The predicted molar refractivity (Wildman–Crippen MR) is 86.2 cm³/mol. The first-order valence-electron chi connectivity index (χ1n) is 7.43. The van der Waals surface area contributed by atoms with Crippen molar-refractivity contribution < 1.29 is 24.6 Å². The molecule has 122 valence electrons. The Hall–Kier alpha value is -3.15. The maximum absolute atomic E-state index is 12.7. The second-order valence-corrected chi connectivity index (χ2v) is 5.59. The molecule has 0 saturated heterocycles. The molecule has 0 radical (unpaired) electrons. The molecular formula is C18H15NO5. The number of amides is 1. The number of aromatic carboxylic acids is 1. The van der Waals surface area contributed by atoms with Gasteiger partial charge in [0.2, 0.25) is 5.91 Å². The second kappa shape index (κ2) is 6.16. The highest BCUT2D eigenvalue weighted by molar-refractivity contribution is 6.03. The van der Waals surface area contributed by atoms with Crippen molar-refractivity contribution in [1.29, 1.82) is 0 Å². The molecule has 24 heavy (non-hydrogen) atoms. The van der Waals surface area contributed by atoms with E-state index in [0.29, 0.717) is 11.3 Å². The number of para-hydroxylation sites is 1. The zero-order chi connectivity index (χ0) is 17.3. The Morgan fingerprint density at radius 1 is 1.00 bits per heavy atom. The number of hydrogen-bond acceptors (Lipinski definition) is 3. The van der Waals surface area contributed by atoms with Gasteiger partial charge in [-0.25, -0.2) is 9.59 Å². The van der Waals surface area contributed by atoms with E-state index in [-0.39, 0.29) is 18.4 Å². The number of carbonyl (C=O) groups is 3. The molecule has 2 aromatic carbocycles. The number of nitrogens with zero attached hydrogens (tertiary/aromatic N) is 1. The van der Waals surface area contributed by atoms with Gasteiger partial charge in [-0.05, 0) is 23.3 Å². The summed E-state index contributed by atoms with van der Waals surface area (Å²) in [7, 11) is 0. The first kappa shape index (κ1) is 15.7. The zero-order valence-electron chi connectivity index (χ0n) is 12.7. The third-order valence-electron chi connectivity index (χ3n) is 4.12. The van der Waals surface area contributed by atoms with E-state index < -0.39 is 23.9 Å². The topological polar surface area (TPSA) is 94.9 Å². The summed E-state index contributed by atoms with van der Waals surface area (Å²) in [5.41, 5.74) is 1.78. The third kappa shape index (κ3) is 2.74. The minimum Gasteiger partial charge on any atom is -0.480 e. The minimum absolute atomic E-state index is 0.0465. The lowest BCUT2D eigenvalue weighted by Crippen LogP contribution is -2.43. The number of carboxylic acids is 2. The van der Waals surface area contributed by atoms with Crippen LogP contribution in [0.25, 0.3) is 0 Å². The van der Waals surface area contributed by atoms with Gasteiger partial charge in [-0.3, -0.25) is 9.69 Å². The molecule has 6 heteroatoms. The van der Waals surface area contributed by atoms with Gasteiger partial charge in [0.25, 0.3) is 0 Å². The van der Waals surface area contributed by atoms with Crippen LogP contribution >= 0.6 is 0 Å². The van der Waals surface area contributed by atoms with Crippen LogP contribution in [0.5, 0.6) is 0 Å². The third-order valence-corrected chi connectivity index (χ3v) is 4.12. The summed E-state index contributed by atoms with van der Waals surface area (Å²) >= 11 is 0. The van der Waals surface area contributed by atoms with Crippen molar-refractivity contribution in [2.45, 2.75) is 18.9 Å². The monoisotopic (exact) mass is 325 g/mol. The van der Waals surface area contributed by atoms with Crippen LogP contribution in [-0.4, -0.2) is 34.1 Å². The quantitative estimate of drug-likeness (QED) is 0.896. The Balaban J connectivity index is 1.94. The summed E-state index contributed by atoms with van der Waals surface area (Å²) < 4.78 is 0. The van der Waals surface area contributed by atoms with Gasteiger partial charge in [0.15, 0.2) is 0 Å². The number of rotatable bonds is 4. The first-order chi connectivity index (χ1) is 11.5. The molecule has 0 spiro atoms. The van der Waals surface area contributed by atoms with Crippen molar-refractivity contribution in [2.75, 3.05) is 4.90 Å². The summed E-state index contributed by atoms with van der Waals surface area (Å²) in [6.07, 6.45) is 0.0818. The number of fused-ring (bicyclic) bond motifs is 1. The lowest BCUT2D eigenvalue weighted by Gasteiger charge is -2.23. The number of carbonyl (C=O) groups excluding carboxylic acids is 1. The van der Waals surface area contributed by atoms with Crippen LogP contribution in [0.15, 0.2) is 48.5 Å². The summed E-state index contributed by atoms with van der Waals surface area (Å²) in [5, 5.41) is 18.6. The SMILES string of the molecule is O=C(O)c1ccccc1CC(=O)N1c2ccccc2CC1C(=O)O. The normalized spacial score (nSPS) is 15.8. The number of carboxylic acid groups (broad SMARTS) is 2. The average molecular weight is 325 g/mol. The molecule has 0 bridgehead atoms. The summed E-state index contributed by atoms with van der Waals surface area (Å²) in [6.45, 7) is 0. The van der Waals surface area contributed by atoms with Gasteiger partial charge < -0.3 is 10.2 Å². The number of aliphatic carboxylic acids is 1. The molecule has 1 atom stereocenters. The van der Waals surface area contributed by atoms with Crippen molar-refractivity contribution in [3.05, 3.63) is 65.2 Å². The van der Waals surface area contributed by atoms with Gasteiger partial charge in [-0.1, -0.05) is 36.4 Å². The van der Waals surface area contributed by atoms with E-state index in [1.807, 2.05) is 0 Å². The van der Waals surface area contributed by atoms with Crippen molar-refractivity contribution in [1.82, 2.24) is 0 Å². The van der Waals surface area contributed by atoms with E-state index in [2.05, 4.69) is 0 Å². The fraction of sp³-hybridized carbons (Fsp3) is 0.167. The van der Waals surface area contributed by atoms with Crippen molar-refractivity contribution >= 4 is 23.5 Å². The highest BCUT2D eigenvalue weighted by Gasteiger charge is 2.38. The molecule has 1 unspecified atom stereocenters. The molecule has 1 aliphatic rings. The molecule has 1 aliphatic heterocycles. The summed E-state index contributed by atoms with van der Waals surface area (Å²) in [6, 6.07) is 12.3. The Morgan fingerprint density at radius 3 is 2.38 bits per heavy atom. The largest absolute Gasteiger partial charge is 0.480 e. The lowest BCUT2D eigenvalue weighted by atomic mass is 10.0. The van der Waals surface area contributed by atoms with E-state index in [9.17, 15) is 24.6 Å². The number of anilines is 1. The van der Waals surface area contributed by atoms with Crippen LogP contribution in [0.2, 0.25) is 0 Å². The molecular weight excluding hydrogens is 310 g/mol. The van der Waals surface area contributed by atoms with Crippen LogP contribution in [0.1, 0.15) is 21.5 Å². The molecule has 0 fully saturated rings. The highest BCUT2D eigenvalue weighted by Crippen LogP contribution is 2.32. The molecule has 2 aromatic rings. The van der Waals surface area contributed by atoms with Gasteiger partial charge >= 0.3 is 11.9 Å². The van der Waals surface area contributed by atoms with Crippen molar-refractivity contribution in [2.24, 2.45) is 0 Å². The summed E-state index contributed by atoms with van der Waals surface area (Å²) in [5.74, 6) is -2.62. The fourth-order valence-electron chi connectivity index (χ4n) is 3.02. The Labute approximate surface area is 138 Å². The smallest absolute Gasteiger partial charge is 0.335 e. The van der Waals surface area contributed by atoms with E-state index in [1.54, 1.807) is 42.5 Å². The number of benzene rings is 2. The molecule has 0 saturated carbocycles. The van der Waals surface area contributed by atoms with Crippen LogP contribution < -0.4 is 4.90 Å². The van der Waals surface area contributed by atoms with Crippen LogP contribution in [0, 0.1) is 0 Å². The number of hydrogen-bond donors (Lipinski definition) is 2. The summed E-state index contributed by atoms with van der Waals surface area (Å²) in [4.78, 5) is 36.8. The van der Waals surface area contributed by atoms with E-state index in [1.165, 1.54) is 11.0 Å². The van der Waals surface area contributed by atoms with Gasteiger partial charge in [-0.2, -0.15) is 0 Å². The lowest BCUT2D eigenvalue weighted by molar-refractivity contribution is -0.139. The Bertz CT molecular complexity index is 830. The van der Waals surface area contributed by atoms with Crippen LogP contribution in [0.3, 0.4) is 0 Å². The molecule has 6 nitrogen and oxygen atoms in total. The fourth-order valence-corrected chi connectivity index (χ4v) is 3.02. The van der Waals surface area contributed by atoms with E-state index in [0.717, 1.165) is 5.56 Å². The predicted octanol–water partition coefficient (Wildman–Crippen LogP) is 1.97. The Kier molecular flexibility index (Phi) is 4.04. The van der Waals surface area contributed by atoms with E-state index >= 15 is 0 Å². The Morgan fingerprint density at radius 2 is 1.67 bits per heavy atom. The highest BCUT2D eigenvalue weighted by atomic mass is 16.4. The molecule has 0 aromatic heterocycles. The van der Waals surface area contributed by atoms with Crippen LogP contribution in [-0.2, 0) is 22.4 Å². The standard InChI is InChI=1S/C18H15NO5/c20-16(10-11-5-1-3-7-13(11)17(21)22)19-14-8-4-2-6-12(14)9-15(19)18(23)24/h1-8,15H,9-10H2,(H,21,22)(H,23,24). The second-order valence-electron chi connectivity index (χ2n) is 5.59. The minimum atomic E-state index is -1.12. The molecule has 2 N–H and O–H groups in total. The van der Waals surface area contributed by atoms with Crippen LogP contribution in [0.4, 0.5) is 5.69 Å². The zero-order valence-corrected chi connectivity index (χ0v) is 12.7. The van der Waals surface area contributed by atoms with Gasteiger partial charge in [0, 0.05) is 12.1 Å². The average Bonchev–Trinajstić information content (AvgIpc) is 2.95. The first-order valence-corrected chi connectivity index (χ1v) is 7.43. The van der Waals surface area contributed by atoms with Crippen molar-refractivity contribution in [3.63, 3.8) is 0 Å². The maximum atomic E-state index is 12.7. The molecule has 3 rings (SSSR count). The van der Waals surface area contributed by atoms with Crippen molar-refractivity contribution in [3.8, 4) is 0 Å².